The summed E-state index contributed by atoms with van der Waals surface area (Å²) >= 11 is 0. The Morgan fingerprint density at radius 1 is 1.08 bits per heavy atom. The highest BCUT2D eigenvalue weighted by Crippen LogP contribution is 2.24. The quantitative estimate of drug-likeness (QED) is 0.523. The zero-order valence-electron chi connectivity index (χ0n) is 12.6. The summed E-state index contributed by atoms with van der Waals surface area (Å²) in [5, 5.41) is 4.61. The first-order valence-corrected chi connectivity index (χ1v) is 7.25. The molecule has 2 aromatic carbocycles. The molecular weight excluding hydrogens is 311 g/mol. The summed E-state index contributed by atoms with van der Waals surface area (Å²) < 4.78 is 23.5. The normalized spacial score (nSPS) is 11.1. The summed E-state index contributed by atoms with van der Waals surface area (Å²) in [5.74, 6) is -0.0202. The van der Waals surface area contributed by atoms with Crippen LogP contribution in [0.4, 0.5) is 4.39 Å². The molecule has 0 atom stereocenters. The second-order valence-corrected chi connectivity index (χ2v) is 5.37. The molecule has 0 aliphatic rings. The summed E-state index contributed by atoms with van der Waals surface area (Å²) in [5.41, 5.74) is 1.63. The minimum absolute atomic E-state index is 0.0616. The Bertz CT molecular complexity index is 1100. The minimum atomic E-state index is -0.550. The second-order valence-electron chi connectivity index (χ2n) is 5.37. The van der Waals surface area contributed by atoms with Crippen LogP contribution in [0.15, 0.2) is 62.3 Å². The monoisotopic (exact) mass is 322 g/mol. The number of halogens is 1. The Balaban J connectivity index is 1.82. The lowest BCUT2D eigenvalue weighted by atomic mass is 10.1. The molecule has 6 heteroatoms. The fourth-order valence-corrected chi connectivity index (χ4v) is 2.49. The van der Waals surface area contributed by atoms with Crippen molar-refractivity contribution in [1.82, 2.24) is 10.1 Å². The van der Waals surface area contributed by atoms with Crippen molar-refractivity contribution in [2.45, 2.75) is 6.92 Å². The molecule has 0 radical (unpaired) electrons. The van der Waals surface area contributed by atoms with Crippen LogP contribution in [-0.4, -0.2) is 10.1 Å². The van der Waals surface area contributed by atoms with Crippen LogP contribution in [0, 0.1) is 12.7 Å². The third-order valence-corrected chi connectivity index (χ3v) is 3.72. The molecule has 24 heavy (non-hydrogen) atoms. The number of nitrogens with zero attached hydrogens (tertiary/aromatic N) is 2. The minimum Gasteiger partial charge on any atom is -0.422 e. The molecule has 0 spiro atoms. The summed E-state index contributed by atoms with van der Waals surface area (Å²) in [6, 6.07) is 12.9. The molecule has 4 aromatic rings. The first-order chi connectivity index (χ1) is 11.6. The van der Waals surface area contributed by atoms with Gasteiger partial charge < -0.3 is 8.94 Å². The van der Waals surface area contributed by atoms with Gasteiger partial charge in [-0.3, -0.25) is 0 Å². The van der Waals surface area contributed by atoms with Crippen LogP contribution in [-0.2, 0) is 0 Å². The molecule has 0 saturated heterocycles. The highest BCUT2D eigenvalue weighted by Gasteiger charge is 2.16. The Labute approximate surface area is 135 Å². The maximum absolute atomic E-state index is 13.0. The van der Waals surface area contributed by atoms with Crippen molar-refractivity contribution < 1.29 is 13.3 Å². The molecular formula is C18H11FN2O3. The van der Waals surface area contributed by atoms with E-state index in [9.17, 15) is 9.18 Å². The summed E-state index contributed by atoms with van der Waals surface area (Å²) in [4.78, 5) is 16.4. The number of hydrogen-bond donors (Lipinski definition) is 0. The molecule has 2 aromatic heterocycles. The zero-order chi connectivity index (χ0) is 16.7. The standard InChI is InChI=1S/C18H11FN2O3/c1-10-3-2-4-12-9-14(18(22)23-15(10)12)17-20-16(21-24-17)11-5-7-13(19)8-6-11/h2-9H,1H3. The lowest BCUT2D eigenvalue weighted by Gasteiger charge is -2.01. The third-order valence-electron chi connectivity index (χ3n) is 3.72. The molecule has 0 saturated carbocycles. The van der Waals surface area contributed by atoms with E-state index in [2.05, 4.69) is 10.1 Å². The fraction of sp³-hybridized carbons (Fsp3) is 0.0556. The van der Waals surface area contributed by atoms with Gasteiger partial charge >= 0.3 is 5.63 Å². The van der Waals surface area contributed by atoms with E-state index >= 15 is 0 Å². The van der Waals surface area contributed by atoms with Crippen LogP contribution in [0.2, 0.25) is 0 Å². The first-order valence-electron chi connectivity index (χ1n) is 7.25. The number of benzene rings is 2. The predicted molar refractivity (Wildman–Crippen MR) is 85.9 cm³/mol. The molecule has 0 N–H and O–H groups in total. The molecule has 0 aliphatic heterocycles. The average Bonchev–Trinajstić information content (AvgIpc) is 3.06. The van der Waals surface area contributed by atoms with E-state index in [1.807, 2.05) is 25.1 Å². The van der Waals surface area contributed by atoms with Gasteiger partial charge in [-0.05, 0) is 42.8 Å². The topological polar surface area (TPSA) is 69.1 Å². The Morgan fingerprint density at radius 3 is 2.67 bits per heavy atom. The van der Waals surface area contributed by atoms with Gasteiger partial charge in [0.15, 0.2) is 0 Å². The number of fused-ring (bicyclic) bond motifs is 1. The van der Waals surface area contributed by atoms with Crippen molar-refractivity contribution in [2.24, 2.45) is 0 Å². The van der Waals surface area contributed by atoms with Gasteiger partial charge in [0.05, 0.1) is 0 Å². The van der Waals surface area contributed by atoms with E-state index in [1.54, 1.807) is 6.07 Å². The first kappa shape index (κ1) is 14.3. The van der Waals surface area contributed by atoms with Gasteiger partial charge in [-0.25, -0.2) is 9.18 Å². The Kier molecular flexibility index (Phi) is 3.23. The highest BCUT2D eigenvalue weighted by molar-refractivity contribution is 5.82. The molecule has 4 rings (SSSR count). The van der Waals surface area contributed by atoms with Gasteiger partial charge in [-0.1, -0.05) is 23.4 Å². The Hall–Kier alpha value is -3.28. The van der Waals surface area contributed by atoms with Gasteiger partial charge in [-0.2, -0.15) is 4.98 Å². The van der Waals surface area contributed by atoms with Crippen LogP contribution >= 0.6 is 0 Å². The smallest absolute Gasteiger partial charge is 0.349 e. The molecule has 2 heterocycles. The van der Waals surface area contributed by atoms with Crippen molar-refractivity contribution in [2.75, 3.05) is 0 Å². The van der Waals surface area contributed by atoms with Crippen molar-refractivity contribution in [3.8, 4) is 22.8 Å². The van der Waals surface area contributed by atoms with E-state index in [4.69, 9.17) is 8.94 Å². The van der Waals surface area contributed by atoms with Crippen LogP contribution in [0.1, 0.15) is 5.56 Å². The predicted octanol–water partition coefficient (Wildman–Crippen LogP) is 3.96. The SMILES string of the molecule is Cc1cccc2cc(-c3nc(-c4ccc(F)cc4)no3)c(=O)oc12. The summed E-state index contributed by atoms with van der Waals surface area (Å²) in [6.07, 6.45) is 0. The van der Waals surface area contributed by atoms with E-state index in [-0.39, 0.29) is 23.1 Å². The molecule has 5 nitrogen and oxygen atoms in total. The molecule has 0 amide bonds. The maximum atomic E-state index is 13.0. The van der Waals surface area contributed by atoms with Crippen LogP contribution in [0.25, 0.3) is 33.8 Å². The summed E-state index contributed by atoms with van der Waals surface area (Å²) in [7, 11) is 0. The third kappa shape index (κ3) is 2.38. The van der Waals surface area contributed by atoms with Crippen LogP contribution in [0.5, 0.6) is 0 Å². The van der Waals surface area contributed by atoms with Gasteiger partial charge in [0.1, 0.15) is 17.0 Å². The van der Waals surface area contributed by atoms with E-state index in [0.29, 0.717) is 11.1 Å². The average molecular weight is 322 g/mol. The number of hydrogen-bond acceptors (Lipinski definition) is 5. The molecule has 0 bridgehead atoms. The largest absolute Gasteiger partial charge is 0.422 e. The maximum Gasteiger partial charge on any atom is 0.349 e. The lowest BCUT2D eigenvalue weighted by Crippen LogP contribution is -2.03. The number of rotatable bonds is 2. The van der Waals surface area contributed by atoms with Gasteiger partial charge in [-0.15, -0.1) is 0 Å². The lowest BCUT2D eigenvalue weighted by molar-refractivity contribution is 0.429. The number of aryl methyl sites for hydroxylation is 1. The van der Waals surface area contributed by atoms with Crippen molar-refractivity contribution in [3.63, 3.8) is 0 Å². The second kappa shape index (κ2) is 5.42. The van der Waals surface area contributed by atoms with Crippen molar-refractivity contribution in [3.05, 3.63) is 70.3 Å². The van der Waals surface area contributed by atoms with E-state index < -0.39 is 5.63 Å². The highest BCUT2D eigenvalue weighted by atomic mass is 19.1. The number of aromatic nitrogens is 2. The van der Waals surface area contributed by atoms with Crippen LogP contribution in [0.3, 0.4) is 0 Å². The van der Waals surface area contributed by atoms with Gasteiger partial charge in [0.25, 0.3) is 5.89 Å². The van der Waals surface area contributed by atoms with Crippen molar-refractivity contribution >= 4 is 11.0 Å². The Morgan fingerprint density at radius 2 is 1.88 bits per heavy atom. The summed E-state index contributed by atoms with van der Waals surface area (Å²) in [6.45, 7) is 1.87. The van der Waals surface area contributed by atoms with E-state index in [0.717, 1.165) is 10.9 Å². The van der Waals surface area contributed by atoms with Crippen molar-refractivity contribution in [1.29, 1.82) is 0 Å². The zero-order valence-corrected chi connectivity index (χ0v) is 12.6. The van der Waals surface area contributed by atoms with Gasteiger partial charge in [0, 0.05) is 10.9 Å². The van der Waals surface area contributed by atoms with Crippen LogP contribution < -0.4 is 5.63 Å². The van der Waals surface area contributed by atoms with E-state index in [1.165, 1.54) is 24.3 Å². The fourth-order valence-electron chi connectivity index (χ4n) is 2.49. The molecule has 0 aliphatic carbocycles. The molecule has 0 fully saturated rings. The molecule has 118 valence electrons. The molecule has 0 unspecified atom stereocenters. The van der Waals surface area contributed by atoms with Gasteiger partial charge in [0.2, 0.25) is 5.82 Å². The number of para-hydroxylation sites is 1.